The van der Waals surface area contributed by atoms with Gasteiger partial charge in [0.25, 0.3) is 15.7 Å². The second-order valence-electron chi connectivity index (χ2n) is 5.09. The monoisotopic (exact) mass is 392 g/mol. The van der Waals surface area contributed by atoms with Crippen molar-refractivity contribution < 1.29 is 26.5 Å². The fourth-order valence-corrected chi connectivity index (χ4v) is 2.82. The Bertz CT molecular complexity index is 968. The van der Waals surface area contributed by atoms with Crippen molar-refractivity contribution in [2.75, 3.05) is 14.1 Å². The van der Waals surface area contributed by atoms with Crippen LogP contribution in [0.1, 0.15) is 5.69 Å². The van der Waals surface area contributed by atoms with Gasteiger partial charge in [-0.3, -0.25) is 10.1 Å². The summed E-state index contributed by atoms with van der Waals surface area (Å²) in [6.45, 7) is 0. The van der Waals surface area contributed by atoms with Crippen LogP contribution in [-0.4, -0.2) is 53.7 Å². The van der Waals surface area contributed by atoms with Crippen LogP contribution in [0.4, 0.5) is 18.9 Å². The number of alkyl halides is 3. The topological polar surface area (TPSA) is 124 Å². The Hall–Kier alpha value is -3.03. The van der Waals surface area contributed by atoms with E-state index in [1.165, 1.54) is 19.0 Å². The number of sulfonamides is 1. The Balaban J connectivity index is 2.67. The SMILES string of the molecule is CN(C)C=NS(=O)(=O)c1cc([N+](=O)[O-])ccc1-n1ncc(C(F)(F)F)n1. The predicted octanol–water partition coefficient (Wildman–Crippen LogP) is 1.47. The molecule has 0 unspecified atom stereocenters. The van der Waals surface area contributed by atoms with Gasteiger partial charge < -0.3 is 4.90 Å². The molecule has 26 heavy (non-hydrogen) atoms. The second-order valence-corrected chi connectivity index (χ2v) is 6.69. The van der Waals surface area contributed by atoms with Gasteiger partial charge in [0.1, 0.15) is 16.9 Å². The maximum Gasteiger partial charge on any atom is 0.436 e. The minimum atomic E-state index is -4.79. The quantitative estimate of drug-likeness (QED) is 0.327. The van der Waals surface area contributed by atoms with E-state index in [1.807, 2.05) is 0 Å². The van der Waals surface area contributed by atoms with Crippen LogP contribution in [0, 0.1) is 10.1 Å². The molecule has 0 aliphatic carbocycles. The lowest BCUT2D eigenvalue weighted by molar-refractivity contribution is -0.385. The number of aromatic nitrogens is 3. The van der Waals surface area contributed by atoms with Crippen LogP contribution in [0.5, 0.6) is 0 Å². The molecule has 1 heterocycles. The lowest BCUT2D eigenvalue weighted by atomic mass is 10.3. The molecule has 0 saturated heterocycles. The number of hydrogen-bond acceptors (Lipinski definition) is 6. The summed E-state index contributed by atoms with van der Waals surface area (Å²) in [5.41, 5.74) is -2.35. The van der Waals surface area contributed by atoms with E-state index in [9.17, 15) is 31.7 Å². The third-order valence-corrected chi connectivity index (χ3v) is 4.10. The number of nitrogens with zero attached hydrogens (tertiary/aromatic N) is 6. The molecule has 0 atom stereocenters. The van der Waals surface area contributed by atoms with Crippen LogP contribution in [-0.2, 0) is 16.2 Å². The minimum absolute atomic E-state index is 0.404. The van der Waals surface area contributed by atoms with Crippen molar-refractivity contribution in [2.45, 2.75) is 11.1 Å². The highest BCUT2D eigenvalue weighted by molar-refractivity contribution is 7.90. The van der Waals surface area contributed by atoms with E-state index in [1.54, 1.807) is 0 Å². The third-order valence-electron chi connectivity index (χ3n) is 2.85. The average Bonchev–Trinajstić information content (AvgIpc) is 3.02. The van der Waals surface area contributed by atoms with Crippen molar-refractivity contribution in [2.24, 2.45) is 4.40 Å². The Kier molecular flexibility index (Phi) is 4.97. The molecule has 1 aromatic carbocycles. The van der Waals surface area contributed by atoms with E-state index < -0.39 is 43.1 Å². The van der Waals surface area contributed by atoms with Gasteiger partial charge in [-0.15, -0.1) is 14.3 Å². The first-order valence-electron chi connectivity index (χ1n) is 6.67. The van der Waals surface area contributed by atoms with Gasteiger partial charge in [-0.1, -0.05) is 0 Å². The molecule has 0 N–H and O–H groups in total. The fraction of sp³-hybridized carbons (Fsp3) is 0.250. The number of benzene rings is 1. The van der Waals surface area contributed by atoms with Crippen LogP contribution in [0.3, 0.4) is 0 Å². The minimum Gasteiger partial charge on any atom is -0.368 e. The molecule has 2 aromatic rings. The van der Waals surface area contributed by atoms with Gasteiger partial charge in [-0.2, -0.15) is 26.7 Å². The van der Waals surface area contributed by atoms with Gasteiger partial charge in [-0.05, 0) is 6.07 Å². The fourth-order valence-electron chi connectivity index (χ4n) is 1.71. The lowest BCUT2D eigenvalue weighted by Crippen LogP contribution is -2.13. The maximum absolute atomic E-state index is 12.7. The summed E-state index contributed by atoms with van der Waals surface area (Å²) in [6.07, 6.45) is -3.46. The first kappa shape index (κ1) is 19.3. The van der Waals surface area contributed by atoms with Crippen molar-refractivity contribution in [3.8, 4) is 5.69 Å². The third kappa shape index (κ3) is 4.14. The summed E-state index contributed by atoms with van der Waals surface area (Å²) in [7, 11) is -1.51. The molecule has 1 aromatic heterocycles. The summed E-state index contributed by atoms with van der Waals surface area (Å²) in [4.78, 5) is 11.1. The highest BCUT2D eigenvalue weighted by Gasteiger charge is 2.35. The molecule has 0 aliphatic heterocycles. The number of halogens is 3. The molecule has 0 amide bonds. The molecule has 14 heteroatoms. The zero-order valence-electron chi connectivity index (χ0n) is 13.2. The van der Waals surface area contributed by atoms with Crippen LogP contribution in [0.2, 0.25) is 0 Å². The normalized spacial score (nSPS) is 12.5. The number of hydrogen-bond donors (Lipinski definition) is 0. The Morgan fingerprint density at radius 2 is 2.00 bits per heavy atom. The molecule has 10 nitrogen and oxygen atoms in total. The highest BCUT2D eigenvalue weighted by atomic mass is 32.2. The summed E-state index contributed by atoms with van der Waals surface area (Å²) in [5.74, 6) is 0. The number of non-ortho nitro benzene ring substituents is 1. The zero-order valence-corrected chi connectivity index (χ0v) is 14.1. The Morgan fingerprint density at radius 1 is 1.35 bits per heavy atom. The first-order valence-corrected chi connectivity index (χ1v) is 8.11. The maximum atomic E-state index is 12.7. The predicted molar refractivity (Wildman–Crippen MR) is 82.4 cm³/mol. The lowest BCUT2D eigenvalue weighted by Gasteiger charge is -2.08. The van der Waals surface area contributed by atoms with Crippen molar-refractivity contribution in [3.05, 3.63) is 40.2 Å². The second kappa shape index (κ2) is 6.70. The van der Waals surface area contributed by atoms with Crippen LogP contribution < -0.4 is 0 Å². The summed E-state index contributed by atoms with van der Waals surface area (Å²) in [5, 5.41) is 17.5. The van der Waals surface area contributed by atoms with Crippen molar-refractivity contribution >= 4 is 22.0 Å². The van der Waals surface area contributed by atoms with Gasteiger partial charge in [0, 0.05) is 26.2 Å². The van der Waals surface area contributed by atoms with E-state index in [2.05, 4.69) is 14.6 Å². The molecule has 2 rings (SSSR count). The van der Waals surface area contributed by atoms with Crippen molar-refractivity contribution in [1.82, 2.24) is 19.9 Å². The molecular weight excluding hydrogens is 381 g/mol. The van der Waals surface area contributed by atoms with E-state index >= 15 is 0 Å². The molecule has 0 spiro atoms. The average molecular weight is 392 g/mol. The smallest absolute Gasteiger partial charge is 0.368 e. The number of rotatable bonds is 5. The van der Waals surface area contributed by atoms with Crippen LogP contribution >= 0.6 is 0 Å². The molecule has 140 valence electrons. The van der Waals surface area contributed by atoms with Gasteiger partial charge >= 0.3 is 6.18 Å². The zero-order chi connectivity index (χ0) is 19.7. The largest absolute Gasteiger partial charge is 0.436 e. The Labute approximate surface area is 144 Å². The van der Waals surface area contributed by atoms with Gasteiger partial charge in [-0.25, -0.2) is 0 Å². The van der Waals surface area contributed by atoms with Crippen LogP contribution in [0.25, 0.3) is 5.69 Å². The number of nitro groups is 1. The summed E-state index contributed by atoms with van der Waals surface area (Å²) < 4.78 is 66.1. The summed E-state index contributed by atoms with van der Waals surface area (Å²) >= 11 is 0. The van der Waals surface area contributed by atoms with E-state index in [0.717, 1.165) is 18.5 Å². The molecule has 0 aliphatic rings. The van der Waals surface area contributed by atoms with E-state index in [4.69, 9.17) is 0 Å². The van der Waals surface area contributed by atoms with Gasteiger partial charge in [0.05, 0.1) is 11.1 Å². The van der Waals surface area contributed by atoms with Crippen molar-refractivity contribution in [3.63, 3.8) is 0 Å². The highest BCUT2D eigenvalue weighted by Crippen LogP contribution is 2.29. The van der Waals surface area contributed by atoms with Gasteiger partial charge in [0.2, 0.25) is 0 Å². The van der Waals surface area contributed by atoms with Crippen molar-refractivity contribution in [1.29, 1.82) is 0 Å². The first-order chi connectivity index (χ1) is 11.9. The van der Waals surface area contributed by atoms with E-state index in [0.29, 0.717) is 17.1 Å². The molecule has 0 bridgehead atoms. The molecule has 0 radical (unpaired) electrons. The van der Waals surface area contributed by atoms with E-state index in [-0.39, 0.29) is 0 Å². The standard InChI is InChI=1S/C12H11F3N6O4S/c1-19(2)7-17-26(24,25)10-5-8(21(22)23)3-4-9(10)20-16-6-11(18-20)12(13,14)15/h3-7H,1-2H3. The molecule has 0 saturated carbocycles. The Morgan fingerprint density at radius 3 is 2.50 bits per heavy atom. The summed E-state index contributed by atoms with van der Waals surface area (Å²) in [6, 6.07) is 2.52. The molecular formula is C12H11F3N6O4S. The number of nitro benzene ring substituents is 1. The van der Waals surface area contributed by atoms with Crippen LogP contribution in [0.15, 0.2) is 33.7 Å². The van der Waals surface area contributed by atoms with Gasteiger partial charge in [0.15, 0.2) is 5.69 Å². The molecule has 0 fully saturated rings.